The molecule has 2 aromatic carbocycles. The standard InChI is InChI=1S/C30H35N3O4S/c1-21-9-11-23(12-10-21)31-30(35)32(18-24-7-5-16-36-24)19-29(34)33-15-13-28-25(14-17-38-28)26(33)20-37-27-8-4-3-6-22(27)2/h3-4,6,8-12,14,17,24,26H,5,7,13,15-16,18-20H2,1-2H3,(H,31,35)/t24-,26+/m1/s1. The summed E-state index contributed by atoms with van der Waals surface area (Å²) < 4.78 is 12.0. The van der Waals surface area contributed by atoms with Crippen molar-refractivity contribution < 1.29 is 19.1 Å². The highest BCUT2D eigenvalue weighted by molar-refractivity contribution is 7.10. The number of aryl methyl sites for hydroxylation is 2. The van der Waals surface area contributed by atoms with E-state index in [1.165, 1.54) is 4.88 Å². The molecule has 3 aromatic rings. The van der Waals surface area contributed by atoms with Gasteiger partial charge in [0.2, 0.25) is 5.91 Å². The molecule has 0 aliphatic carbocycles. The van der Waals surface area contributed by atoms with Crippen LogP contribution < -0.4 is 10.1 Å². The number of ether oxygens (including phenoxy) is 2. The SMILES string of the molecule is Cc1ccc(NC(=O)N(CC(=O)N2CCc3sccc3[C@@H]2COc2ccccc2C)C[C@H]2CCCO2)cc1. The average Bonchev–Trinajstić information content (AvgIpc) is 3.61. The van der Waals surface area contributed by atoms with E-state index in [1.54, 1.807) is 16.2 Å². The molecule has 5 rings (SSSR count). The number of nitrogens with zero attached hydrogens (tertiary/aromatic N) is 2. The third-order valence-corrected chi connectivity index (χ3v) is 8.27. The molecule has 1 N–H and O–H groups in total. The Morgan fingerprint density at radius 3 is 2.71 bits per heavy atom. The van der Waals surface area contributed by atoms with Gasteiger partial charge in [-0.1, -0.05) is 35.9 Å². The predicted molar refractivity (Wildman–Crippen MR) is 150 cm³/mol. The van der Waals surface area contributed by atoms with Crippen molar-refractivity contribution in [3.05, 3.63) is 81.5 Å². The molecule has 1 saturated heterocycles. The van der Waals surface area contributed by atoms with Crippen molar-refractivity contribution in [2.24, 2.45) is 0 Å². The fourth-order valence-electron chi connectivity index (χ4n) is 5.11. The number of hydrogen-bond donors (Lipinski definition) is 1. The van der Waals surface area contributed by atoms with Crippen LogP contribution in [0.4, 0.5) is 10.5 Å². The molecule has 3 heterocycles. The fraction of sp³-hybridized carbons (Fsp3) is 0.400. The van der Waals surface area contributed by atoms with E-state index in [-0.39, 0.29) is 30.6 Å². The second kappa shape index (κ2) is 12.0. The number of carbonyl (C=O) groups excluding carboxylic acids is 2. The molecule has 3 amide bonds. The van der Waals surface area contributed by atoms with Crippen molar-refractivity contribution in [1.29, 1.82) is 0 Å². The van der Waals surface area contributed by atoms with Crippen LogP contribution in [0.2, 0.25) is 0 Å². The van der Waals surface area contributed by atoms with Gasteiger partial charge in [-0.2, -0.15) is 0 Å². The van der Waals surface area contributed by atoms with E-state index >= 15 is 0 Å². The van der Waals surface area contributed by atoms with Gasteiger partial charge < -0.3 is 24.6 Å². The monoisotopic (exact) mass is 533 g/mol. The van der Waals surface area contributed by atoms with Gasteiger partial charge in [-0.15, -0.1) is 11.3 Å². The number of rotatable bonds is 8. The summed E-state index contributed by atoms with van der Waals surface area (Å²) >= 11 is 1.73. The van der Waals surface area contributed by atoms with Crippen molar-refractivity contribution in [1.82, 2.24) is 9.80 Å². The minimum absolute atomic E-state index is 0.0160. The maximum atomic E-state index is 13.8. The molecule has 200 valence electrons. The first-order valence-corrected chi connectivity index (χ1v) is 14.1. The number of urea groups is 1. The summed E-state index contributed by atoms with van der Waals surface area (Å²) in [5.41, 5.74) is 4.02. The molecule has 2 atom stereocenters. The highest BCUT2D eigenvalue weighted by Gasteiger charge is 2.34. The minimum atomic E-state index is -0.293. The van der Waals surface area contributed by atoms with E-state index in [0.29, 0.717) is 32.0 Å². The molecular formula is C30H35N3O4S. The third-order valence-electron chi connectivity index (χ3n) is 7.27. The predicted octanol–water partition coefficient (Wildman–Crippen LogP) is 5.58. The number of nitrogens with one attached hydrogen (secondary N) is 1. The summed E-state index contributed by atoms with van der Waals surface area (Å²) in [5.74, 6) is 0.733. The lowest BCUT2D eigenvalue weighted by atomic mass is 10.0. The van der Waals surface area contributed by atoms with Crippen molar-refractivity contribution in [2.45, 2.75) is 45.3 Å². The zero-order chi connectivity index (χ0) is 26.5. The van der Waals surface area contributed by atoms with Crippen LogP contribution >= 0.6 is 11.3 Å². The molecule has 1 fully saturated rings. The number of amides is 3. The van der Waals surface area contributed by atoms with Gasteiger partial charge in [0, 0.05) is 30.3 Å². The Labute approximate surface area is 228 Å². The number of fused-ring (bicyclic) bond motifs is 1. The molecule has 7 nitrogen and oxygen atoms in total. The van der Waals surface area contributed by atoms with Gasteiger partial charge in [0.15, 0.2) is 0 Å². The highest BCUT2D eigenvalue weighted by atomic mass is 32.1. The van der Waals surface area contributed by atoms with Gasteiger partial charge in [-0.25, -0.2) is 4.79 Å². The number of anilines is 1. The Morgan fingerprint density at radius 1 is 1.13 bits per heavy atom. The second-order valence-corrected chi connectivity index (χ2v) is 11.0. The molecule has 2 aliphatic rings. The minimum Gasteiger partial charge on any atom is -0.491 e. The van der Waals surface area contributed by atoms with E-state index in [1.807, 2.05) is 67.3 Å². The average molecular weight is 534 g/mol. The topological polar surface area (TPSA) is 71.1 Å². The Balaban J connectivity index is 1.32. The van der Waals surface area contributed by atoms with E-state index in [0.717, 1.165) is 41.7 Å². The number of para-hydroxylation sites is 1. The molecular weight excluding hydrogens is 498 g/mol. The van der Waals surface area contributed by atoms with Crippen LogP contribution in [0.3, 0.4) is 0 Å². The highest BCUT2D eigenvalue weighted by Crippen LogP contribution is 2.34. The molecule has 38 heavy (non-hydrogen) atoms. The second-order valence-electron chi connectivity index (χ2n) is 10.0. The van der Waals surface area contributed by atoms with Gasteiger partial charge in [-0.3, -0.25) is 4.79 Å². The van der Waals surface area contributed by atoms with Crippen LogP contribution in [0.15, 0.2) is 60.0 Å². The molecule has 1 aromatic heterocycles. The Kier molecular flexibility index (Phi) is 8.29. The van der Waals surface area contributed by atoms with Gasteiger partial charge in [0.1, 0.15) is 18.9 Å². The third kappa shape index (κ3) is 6.19. The Hall–Kier alpha value is -3.36. The lowest BCUT2D eigenvalue weighted by Gasteiger charge is -2.37. The summed E-state index contributed by atoms with van der Waals surface area (Å²) in [6.45, 7) is 6.04. The maximum Gasteiger partial charge on any atom is 0.322 e. The molecule has 0 bridgehead atoms. The molecule has 0 spiro atoms. The van der Waals surface area contributed by atoms with Gasteiger partial charge in [-0.05, 0) is 73.9 Å². The maximum absolute atomic E-state index is 13.8. The van der Waals surface area contributed by atoms with Crippen molar-refractivity contribution in [3.8, 4) is 5.75 Å². The van der Waals surface area contributed by atoms with Crippen LogP contribution in [0.5, 0.6) is 5.75 Å². The first-order valence-electron chi connectivity index (χ1n) is 13.3. The van der Waals surface area contributed by atoms with Crippen molar-refractivity contribution in [2.75, 3.05) is 38.2 Å². The fourth-order valence-corrected chi connectivity index (χ4v) is 6.04. The molecule has 8 heteroatoms. The summed E-state index contributed by atoms with van der Waals surface area (Å²) in [4.78, 5) is 31.9. The van der Waals surface area contributed by atoms with Crippen LogP contribution in [-0.4, -0.2) is 60.7 Å². The first kappa shape index (κ1) is 26.3. The number of hydrogen-bond acceptors (Lipinski definition) is 5. The van der Waals surface area contributed by atoms with E-state index in [9.17, 15) is 9.59 Å². The molecule has 2 aliphatic heterocycles. The largest absolute Gasteiger partial charge is 0.491 e. The number of carbonyl (C=O) groups is 2. The molecule has 0 saturated carbocycles. The zero-order valence-electron chi connectivity index (χ0n) is 22.0. The number of thiophene rings is 1. The normalized spacial score (nSPS) is 18.6. The van der Waals surface area contributed by atoms with E-state index < -0.39 is 0 Å². The summed E-state index contributed by atoms with van der Waals surface area (Å²) in [5, 5.41) is 5.05. The van der Waals surface area contributed by atoms with Crippen molar-refractivity contribution >= 4 is 29.0 Å². The van der Waals surface area contributed by atoms with Crippen LogP contribution in [0.1, 0.15) is 40.5 Å². The van der Waals surface area contributed by atoms with Gasteiger partial charge in [0.05, 0.1) is 12.1 Å². The number of benzene rings is 2. The lowest BCUT2D eigenvalue weighted by Crippen LogP contribution is -2.50. The first-order chi connectivity index (χ1) is 18.5. The smallest absolute Gasteiger partial charge is 0.322 e. The Morgan fingerprint density at radius 2 is 1.95 bits per heavy atom. The van der Waals surface area contributed by atoms with Gasteiger partial charge >= 0.3 is 6.03 Å². The summed E-state index contributed by atoms with van der Waals surface area (Å²) in [6, 6.07) is 17.2. The lowest BCUT2D eigenvalue weighted by molar-refractivity contribution is -0.135. The summed E-state index contributed by atoms with van der Waals surface area (Å²) in [6.07, 6.45) is 2.60. The zero-order valence-corrected chi connectivity index (χ0v) is 22.8. The quantitative estimate of drug-likeness (QED) is 0.410. The van der Waals surface area contributed by atoms with Crippen LogP contribution in [0.25, 0.3) is 0 Å². The van der Waals surface area contributed by atoms with Crippen molar-refractivity contribution in [3.63, 3.8) is 0 Å². The summed E-state index contributed by atoms with van der Waals surface area (Å²) in [7, 11) is 0. The molecule has 0 unspecified atom stereocenters. The van der Waals surface area contributed by atoms with Gasteiger partial charge in [0.25, 0.3) is 0 Å². The van der Waals surface area contributed by atoms with Crippen LogP contribution in [0, 0.1) is 13.8 Å². The van der Waals surface area contributed by atoms with E-state index in [2.05, 4.69) is 16.8 Å². The molecule has 0 radical (unpaired) electrons. The van der Waals surface area contributed by atoms with E-state index in [4.69, 9.17) is 9.47 Å². The Bertz CT molecular complexity index is 1250. The van der Waals surface area contributed by atoms with Crippen LogP contribution in [-0.2, 0) is 16.0 Å².